The molecule has 0 bridgehead atoms. The van der Waals surface area contributed by atoms with Gasteiger partial charge in [0.15, 0.2) is 5.69 Å². The summed E-state index contributed by atoms with van der Waals surface area (Å²) in [6.07, 6.45) is 3.16. The summed E-state index contributed by atoms with van der Waals surface area (Å²) in [5.41, 5.74) is 1.03. The fraction of sp³-hybridized carbons (Fsp3) is 0.182. The molecule has 0 spiro atoms. The van der Waals surface area contributed by atoms with Crippen LogP contribution in [0.1, 0.15) is 10.5 Å². The van der Waals surface area contributed by atoms with Crippen LogP contribution in [0.5, 0.6) is 5.75 Å². The molecular weight excluding hydrogens is 222 g/mol. The van der Waals surface area contributed by atoms with Crippen molar-refractivity contribution in [3.05, 3.63) is 30.2 Å². The molecule has 2 aromatic rings. The van der Waals surface area contributed by atoms with Crippen LogP contribution >= 0.6 is 0 Å². The number of methoxy groups -OCH3 is 1. The van der Waals surface area contributed by atoms with E-state index in [0.29, 0.717) is 17.0 Å². The lowest BCUT2D eigenvalue weighted by Crippen LogP contribution is -2.01. The molecule has 0 atom stereocenters. The number of hydrogen-bond donors (Lipinski definition) is 1. The summed E-state index contributed by atoms with van der Waals surface area (Å²) in [6, 6.07) is 3.42. The van der Waals surface area contributed by atoms with Crippen molar-refractivity contribution in [1.29, 1.82) is 0 Å². The first-order chi connectivity index (χ1) is 8.11. The molecule has 2 aromatic heterocycles. The molecule has 0 aromatic carbocycles. The summed E-state index contributed by atoms with van der Waals surface area (Å²) in [4.78, 5) is 15.1. The molecule has 0 saturated carbocycles. The van der Waals surface area contributed by atoms with E-state index in [1.165, 1.54) is 10.9 Å². The normalized spacial score (nSPS) is 10.2. The third-order valence-corrected chi connectivity index (χ3v) is 2.28. The first-order valence-corrected chi connectivity index (χ1v) is 4.89. The van der Waals surface area contributed by atoms with Crippen LogP contribution in [0.2, 0.25) is 0 Å². The molecule has 2 heterocycles. The second kappa shape index (κ2) is 4.25. The van der Waals surface area contributed by atoms with Gasteiger partial charge in [0, 0.05) is 13.2 Å². The van der Waals surface area contributed by atoms with E-state index in [0.717, 1.165) is 0 Å². The number of rotatable bonds is 3. The van der Waals surface area contributed by atoms with Crippen molar-refractivity contribution in [2.75, 3.05) is 7.11 Å². The largest absolute Gasteiger partial charge is 0.495 e. The molecule has 0 fully saturated rings. The van der Waals surface area contributed by atoms with Gasteiger partial charge in [-0.3, -0.25) is 9.67 Å². The predicted octanol–water partition coefficient (Wildman–Crippen LogP) is 1.19. The quantitative estimate of drug-likeness (QED) is 0.861. The van der Waals surface area contributed by atoms with E-state index < -0.39 is 5.97 Å². The van der Waals surface area contributed by atoms with E-state index in [4.69, 9.17) is 9.84 Å². The predicted molar refractivity (Wildman–Crippen MR) is 60.0 cm³/mol. The first kappa shape index (κ1) is 11.1. The molecule has 0 aliphatic heterocycles. The Labute approximate surface area is 97.5 Å². The van der Waals surface area contributed by atoms with Gasteiger partial charge < -0.3 is 9.84 Å². The van der Waals surface area contributed by atoms with Crippen LogP contribution < -0.4 is 4.74 Å². The standard InChI is InChI=1S/C11H11N3O3/c1-14-6-8(10(13-14)11(15)16)9-4-3-7(17-2)5-12-9/h3-6H,1-2H3,(H,15,16). The number of ether oxygens (including phenoxy) is 1. The first-order valence-electron chi connectivity index (χ1n) is 4.89. The maximum absolute atomic E-state index is 11.0. The average molecular weight is 233 g/mol. The van der Waals surface area contributed by atoms with Gasteiger partial charge in [-0.25, -0.2) is 4.79 Å². The van der Waals surface area contributed by atoms with Gasteiger partial charge in [0.1, 0.15) is 5.75 Å². The number of pyridine rings is 1. The van der Waals surface area contributed by atoms with E-state index in [1.54, 1.807) is 32.5 Å². The summed E-state index contributed by atoms with van der Waals surface area (Å²) in [5, 5.41) is 12.9. The van der Waals surface area contributed by atoms with Gasteiger partial charge in [0.2, 0.25) is 0 Å². The molecule has 6 heteroatoms. The zero-order valence-corrected chi connectivity index (χ0v) is 9.41. The van der Waals surface area contributed by atoms with Crippen molar-refractivity contribution in [2.24, 2.45) is 7.05 Å². The van der Waals surface area contributed by atoms with Crippen LogP contribution in [0.4, 0.5) is 0 Å². The molecule has 17 heavy (non-hydrogen) atoms. The Bertz CT molecular complexity index is 546. The van der Waals surface area contributed by atoms with Gasteiger partial charge in [-0.1, -0.05) is 0 Å². The highest BCUT2D eigenvalue weighted by molar-refractivity contribution is 5.93. The highest BCUT2D eigenvalue weighted by atomic mass is 16.5. The Balaban J connectivity index is 2.48. The highest BCUT2D eigenvalue weighted by Gasteiger charge is 2.17. The maximum Gasteiger partial charge on any atom is 0.357 e. The van der Waals surface area contributed by atoms with Crippen molar-refractivity contribution < 1.29 is 14.6 Å². The molecule has 0 saturated heterocycles. The monoisotopic (exact) mass is 233 g/mol. The van der Waals surface area contributed by atoms with Crippen molar-refractivity contribution in [2.45, 2.75) is 0 Å². The number of nitrogens with zero attached hydrogens (tertiary/aromatic N) is 3. The van der Waals surface area contributed by atoms with Crippen molar-refractivity contribution in [3.8, 4) is 17.0 Å². The number of carboxylic acids is 1. The summed E-state index contributed by atoms with van der Waals surface area (Å²) in [5.74, 6) is -0.451. The zero-order valence-electron chi connectivity index (χ0n) is 9.41. The third kappa shape index (κ3) is 2.10. The van der Waals surface area contributed by atoms with Gasteiger partial charge in [-0.05, 0) is 12.1 Å². The van der Waals surface area contributed by atoms with Gasteiger partial charge in [0.05, 0.1) is 24.6 Å². The smallest absolute Gasteiger partial charge is 0.357 e. The SMILES string of the molecule is COc1ccc(-c2cn(C)nc2C(=O)O)nc1. The van der Waals surface area contributed by atoms with Crippen LogP contribution in [0.3, 0.4) is 0 Å². The number of aryl methyl sites for hydroxylation is 1. The van der Waals surface area contributed by atoms with E-state index in [1.807, 2.05) is 0 Å². The van der Waals surface area contributed by atoms with Crippen molar-refractivity contribution in [1.82, 2.24) is 14.8 Å². The lowest BCUT2D eigenvalue weighted by atomic mass is 10.1. The third-order valence-electron chi connectivity index (χ3n) is 2.28. The van der Waals surface area contributed by atoms with Gasteiger partial charge in [-0.15, -0.1) is 0 Å². The molecule has 88 valence electrons. The highest BCUT2D eigenvalue weighted by Crippen LogP contribution is 2.22. The molecule has 0 aliphatic rings. The van der Waals surface area contributed by atoms with E-state index >= 15 is 0 Å². The maximum atomic E-state index is 11.0. The minimum Gasteiger partial charge on any atom is -0.495 e. The number of aromatic nitrogens is 3. The Morgan fingerprint density at radius 1 is 1.47 bits per heavy atom. The molecule has 0 radical (unpaired) electrons. The van der Waals surface area contributed by atoms with E-state index in [9.17, 15) is 4.79 Å². The molecule has 0 unspecified atom stereocenters. The molecule has 1 N–H and O–H groups in total. The second-order valence-corrected chi connectivity index (χ2v) is 3.45. The molecule has 2 rings (SSSR count). The number of carboxylic acid groups (broad SMARTS) is 1. The number of aromatic carboxylic acids is 1. The van der Waals surface area contributed by atoms with E-state index in [-0.39, 0.29) is 5.69 Å². The summed E-state index contributed by atoms with van der Waals surface area (Å²) in [7, 11) is 3.21. The average Bonchev–Trinajstić information content (AvgIpc) is 2.72. The fourth-order valence-electron chi connectivity index (χ4n) is 1.49. The van der Waals surface area contributed by atoms with Crippen LogP contribution in [0, 0.1) is 0 Å². The van der Waals surface area contributed by atoms with Crippen LogP contribution in [-0.4, -0.2) is 33.0 Å². The summed E-state index contributed by atoms with van der Waals surface area (Å²) >= 11 is 0. The van der Waals surface area contributed by atoms with Crippen LogP contribution in [-0.2, 0) is 7.05 Å². The number of carbonyl (C=O) groups is 1. The van der Waals surface area contributed by atoms with E-state index in [2.05, 4.69) is 10.1 Å². The molecular formula is C11H11N3O3. The molecule has 6 nitrogen and oxygen atoms in total. The lowest BCUT2D eigenvalue weighted by molar-refractivity contribution is 0.0690. The Morgan fingerprint density at radius 2 is 2.24 bits per heavy atom. The van der Waals surface area contributed by atoms with Gasteiger partial charge in [-0.2, -0.15) is 5.10 Å². The van der Waals surface area contributed by atoms with Crippen molar-refractivity contribution >= 4 is 5.97 Å². The topological polar surface area (TPSA) is 77.2 Å². The van der Waals surface area contributed by atoms with Gasteiger partial charge in [0.25, 0.3) is 0 Å². The summed E-state index contributed by atoms with van der Waals surface area (Å²) in [6.45, 7) is 0. The molecule has 0 amide bonds. The summed E-state index contributed by atoms with van der Waals surface area (Å²) < 4.78 is 6.44. The minimum atomic E-state index is -1.07. The Hall–Kier alpha value is -2.37. The minimum absolute atomic E-state index is 0.00910. The Kier molecular flexibility index (Phi) is 2.78. The van der Waals surface area contributed by atoms with Gasteiger partial charge >= 0.3 is 5.97 Å². The van der Waals surface area contributed by atoms with Crippen LogP contribution in [0.15, 0.2) is 24.5 Å². The fourth-order valence-corrected chi connectivity index (χ4v) is 1.49. The second-order valence-electron chi connectivity index (χ2n) is 3.45. The lowest BCUT2D eigenvalue weighted by Gasteiger charge is -2.01. The van der Waals surface area contributed by atoms with Crippen molar-refractivity contribution in [3.63, 3.8) is 0 Å². The Morgan fingerprint density at radius 3 is 2.76 bits per heavy atom. The number of hydrogen-bond acceptors (Lipinski definition) is 4. The zero-order chi connectivity index (χ0) is 12.4. The molecule has 0 aliphatic carbocycles. The van der Waals surface area contributed by atoms with Crippen LogP contribution in [0.25, 0.3) is 11.3 Å².